The summed E-state index contributed by atoms with van der Waals surface area (Å²) in [6.45, 7) is 10.9. The minimum absolute atomic E-state index is 0.0809. The minimum Gasteiger partial charge on any atom is -0.381 e. The summed E-state index contributed by atoms with van der Waals surface area (Å²) in [5, 5.41) is 3.32. The van der Waals surface area contributed by atoms with E-state index < -0.39 is 15.6 Å². The Hall–Kier alpha value is -2.68. The number of amides is 1. The maximum absolute atomic E-state index is 13.4. The van der Waals surface area contributed by atoms with E-state index in [-0.39, 0.29) is 10.8 Å². The molecule has 1 aliphatic rings. The molecule has 2 aromatic rings. The Morgan fingerprint density at radius 1 is 1.03 bits per heavy atom. The van der Waals surface area contributed by atoms with E-state index in [9.17, 15) is 13.2 Å². The number of sulfonamides is 1. The predicted molar refractivity (Wildman–Crippen MR) is 143 cm³/mol. The zero-order chi connectivity index (χ0) is 25.6. The van der Waals surface area contributed by atoms with Gasteiger partial charge in [-0.1, -0.05) is 42.0 Å². The van der Waals surface area contributed by atoms with Crippen LogP contribution in [0, 0.1) is 0 Å². The quantitative estimate of drug-likeness (QED) is 0.602. The maximum Gasteiger partial charge on any atom is 0.254 e. The van der Waals surface area contributed by atoms with Gasteiger partial charge in [-0.2, -0.15) is 0 Å². The van der Waals surface area contributed by atoms with Crippen LogP contribution in [-0.2, 0) is 10.0 Å². The van der Waals surface area contributed by atoms with Gasteiger partial charge in [0.2, 0.25) is 10.0 Å². The summed E-state index contributed by atoms with van der Waals surface area (Å²) in [4.78, 5) is 17.5. The van der Waals surface area contributed by atoms with Gasteiger partial charge in [0, 0.05) is 43.0 Å². The highest BCUT2D eigenvalue weighted by molar-refractivity contribution is 7.89. The lowest BCUT2D eigenvalue weighted by Crippen LogP contribution is -2.40. The van der Waals surface area contributed by atoms with Gasteiger partial charge in [0.05, 0.1) is 4.90 Å². The lowest BCUT2D eigenvalue weighted by Gasteiger charge is -2.23. The molecule has 2 N–H and O–H groups in total. The van der Waals surface area contributed by atoms with Gasteiger partial charge in [-0.3, -0.25) is 4.79 Å². The van der Waals surface area contributed by atoms with Crippen molar-refractivity contribution >= 4 is 27.7 Å². The number of hydrogen-bond acceptors (Lipinski definition) is 5. The van der Waals surface area contributed by atoms with Crippen LogP contribution in [-0.4, -0.2) is 69.4 Å². The number of benzene rings is 2. The molecule has 1 aliphatic heterocycles. The van der Waals surface area contributed by atoms with Crippen LogP contribution in [0.2, 0.25) is 0 Å². The van der Waals surface area contributed by atoms with E-state index in [1.165, 1.54) is 6.07 Å². The van der Waals surface area contributed by atoms with E-state index in [0.29, 0.717) is 30.9 Å². The van der Waals surface area contributed by atoms with E-state index >= 15 is 0 Å². The molecule has 3 rings (SSSR count). The Morgan fingerprint density at radius 3 is 2.43 bits per heavy atom. The van der Waals surface area contributed by atoms with Gasteiger partial charge >= 0.3 is 0 Å². The molecule has 0 bridgehead atoms. The first kappa shape index (κ1) is 26.9. The maximum atomic E-state index is 13.4. The third-order valence-electron chi connectivity index (χ3n) is 5.70. The minimum atomic E-state index is -3.81. The smallest absolute Gasteiger partial charge is 0.254 e. The second-order valence-electron chi connectivity index (χ2n) is 10.3. The SMILES string of the molecule is C/C(=C\c1ccccc1)CNc1cc(C(=O)N2CCCN(C)CC2)cc(S(=O)(=O)NC(C)(C)C)c1. The average molecular weight is 499 g/mol. The van der Waals surface area contributed by atoms with Gasteiger partial charge in [-0.05, 0) is 71.5 Å². The molecule has 0 unspecified atom stereocenters. The number of nitrogens with one attached hydrogen (secondary N) is 2. The van der Waals surface area contributed by atoms with Crippen molar-refractivity contribution in [3.8, 4) is 0 Å². The fourth-order valence-electron chi connectivity index (χ4n) is 4.00. The summed E-state index contributed by atoms with van der Waals surface area (Å²) in [5.74, 6) is -0.146. The molecule has 0 aliphatic carbocycles. The van der Waals surface area contributed by atoms with Crippen molar-refractivity contribution in [3.05, 3.63) is 65.2 Å². The molecule has 0 atom stereocenters. The summed E-state index contributed by atoms with van der Waals surface area (Å²) < 4.78 is 29.0. The van der Waals surface area contributed by atoms with E-state index in [1.54, 1.807) is 32.9 Å². The number of hydrogen-bond donors (Lipinski definition) is 2. The van der Waals surface area contributed by atoms with Gasteiger partial charge in [0.1, 0.15) is 0 Å². The summed E-state index contributed by atoms with van der Waals surface area (Å²) in [6.07, 6.45) is 2.97. The third kappa shape index (κ3) is 8.19. The zero-order valence-corrected chi connectivity index (χ0v) is 22.3. The van der Waals surface area contributed by atoms with E-state index in [1.807, 2.05) is 49.2 Å². The van der Waals surface area contributed by atoms with Gasteiger partial charge in [0.25, 0.3) is 5.91 Å². The molecule has 0 radical (unpaired) electrons. The highest BCUT2D eigenvalue weighted by atomic mass is 32.2. The highest BCUT2D eigenvalue weighted by Crippen LogP contribution is 2.23. The fraction of sp³-hybridized carbons (Fsp3) is 0.444. The van der Waals surface area contributed by atoms with Crippen molar-refractivity contribution in [2.75, 3.05) is 45.1 Å². The van der Waals surface area contributed by atoms with Crippen molar-refractivity contribution in [2.24, 2.45) is 0 Å². The third-order valence-corrected chi connectivity index (χ3v) is 7.43. The number of carbonyl (C=O) groups is 1. The van der Waals surface area contributed by atoms with Crippen LogP contribution >= 0.6 is 0 Å². The largest absolute Gasteiger partial charge is 0.381 e. The second kappa shape index (κ2) is 11.4. The number of carbonyl (C=O) groups excluding carboxylic acids is 1. The molecule has 8 heteroatoms. The van der Waals surface area contributed by atoms with Gasteiger partial charge in [-0.25, -0.2) is 13.1 Å². The van der Waals surface area contributed by atoms with Crippen molar-refractivity contribution in [1.82, 2.24) is 14.5 Å². The zero-order valence-electron chi connectivity index (χ0n) is 21.5. The van der Waals surface area contributed by atoms with Crippen molar-refractivity contribution in [2.45, 2.75) is 44.6 Å². The Labute approximate surface area is 210 Å². The number of nitrogens with zero attached hydrogens (tertiary/aromatic N) is 2. The topological polar surface area (TPSA) is 81.8 Å². The molecule has 0 aromatic heterocycles. The second-order valence-corrected chi connectivity index (χ2v) is 12.0. The average Bonchev–Trinajstić information content (AvgIpc) is 3.00. The van der Waals surface area contributed by atoms with Crippen LogP contribution in [0.25, 0.3) is 6.08 Å². The van der Waals surface area contributed by atoms with Crippen LogP contribution < -0.4 is 10.0 Å². The summed E-state index contributed by atoms with van der Waals surface area (Å²) in [6, 6.07) is 14.9. The van der Waals surface area contributed by atoms with Crippen LogP contribution in [0.5, 0.6) is 0 Å². The van der Waals surface area contributed by atoms with Crippen LogP contribution in [0.1, 0.15) is 50.0 Å². The molecular weight excluding hydrogens is 460 g/mol. The van der Waals surface area contributed by atoms with E-state index in [4.69, 9.17) is 0 Å². The first-order valence-electron chi connectivity index (χ1n) is 12.1. The van der Waals surface area contributed by atoms with Gasteiger partial charge in [-0.15, -0.1) is 0 Å². The lowest BCUT2D eigenvalue weighted by molar-refractivity contribution is 0.0762. The molecule has 0 saturated carbocycles. The molecule has 1 heterocycles. The molecule has 7 nitrogen and oxygen atoms in total. The molecule has 1 fully saturated rings. The summed E-state index contributed by atoms with van der Waals surface area (Å²) in [5.41, 5.74) is 2.51. The molecule has 35 heavy (non-hydrogen) atoms. The van der Waals surface area contributed by atoms with Crippen LogP contribution in [0.4, 0.5) is 5.69 Å². The van der Waals surface area contributed by atoms with Crippen molar-refractivity contribution < 1.29 is 13.2 Å². The Balaban J connectivity index is 1.90. The molecule has 2 aromatic carbocycles. The molecule has 190 valence electrons. The Kier molecular flexibility index (Phi) is 8.74. The highest BCUT2D eigenvalue weighted by Gasteiger charge is 2.25. The standard InChI is InChI=1S/C27H38N4O3S/c1-21(16-22-10-7-6-8-11-22)20-28-24-17-23(26(32)31-13-9-12-30(5)14-15-31)18-25(19-24)35(33,34)29-27(2,3)4/h6-8,10-11,16-19,28-29H,9,12-15,20H2,1-5H3/b21-16+. The van der Waals surface area contributed by atoms with Crippen molar-refractivity contribution in [3.63, 3.8) is 0 Å². The number of likely N-dealkylation sites (N-methyl/N-ethyl adjacent to an activating group) is 1. The lowest BCUT2D eigenvalue weighted by atomic mass is 10.1. The summed E-state index contributed by atoms with van der Waals surface area (Å²) in [7, 11) is -1.77. The van der Waals surface area contributed by atoms with Gasteiger partial charge in [0.15, 0.2) is 0 Å². The predicted octanol–water partition coefficient (Wildman–Crippen LogP) is 4.06. The van der Waals surface area contributed by atoms with E-state index in [0.717, 1.165) is 30.6 Å². The monoisotopic (exact) mass is 498 g/mol. The summed E-state index contributed by atoms with van der Waals surface area (Å²) >= 11 is 0. The van der Waals surface area contributed by atoms with Crippen LogP contribution in [0.15, 0.2) is 59.0 Å². The molecule has 0 spiro atoms. The van der Waals surface area contributed by atoms with E-state index in [2.05, 4.69) is 21.0 Å². The normalized spacial score (nSPS) is 16.1. The van der Waals surface area contributed by atoms with Crippen molar-refractivity contribution in [1.29, 1.82) is 0 Å². The first-order chi connectivity index (χ1) is 16.4. The first-order valence-corrected chi connectivity index (χ1v) is 13.5. The molecule has 1 amide bonds. The Bertz CT molecular complexity index is 1150. The Morgan fingerprint density at radius 2 is 1.74 bits per heavy atom. The molecular formula is C27H38N4O3S. The fourth-order valence-corrected chi connectivity index (χ4v) is 5.49. The molecule has 1 saturated heterocycles. The van der Waals surface area contributed by atoms with Gasteiger partial charge < -0.3 is 15.1 Å². The van der Waals surface area contributed by atoms with Crippen LogP contribution in [0.3, 0.4) is 0 Å². The number of rotatable bonds is 7. The number of anilines is 1.